The Labute approximate surface area is 163 Å². The van der Waals surface area contributed by atoms with Gasteiger partial charge in [-0.2, -0.15) is 4.31 Å². The van der Waals surface area contributed by atoms with E-state index in [1.807, 2.05) is 4.90 Å². The lowest BCUT2D eigenvalue weighted by molar-refractivity contribution is -0.117. The summed E-state index contributed by atoms with van der Waals surface area (Å²) in [5.74, 6) is 0.0965. The van der Waals surface area contributed by atoms with Crippen LogP contribution < -0.4 is 5.32 Å². The van der Waals surface area contributed by atoms with Crippen LogP contribution in [0.1, 0.15) is 11.5 Å². The van der Waals surface area contributed by atoms with Crippen LogP contribution in [0, 0.1) is 13.8 Å². The molecule has 0 aliphatic carbocycles. The molecule has 2 aromatic rings. The highest BCUT2D eigenvalue weighted by Gasteiger charge is 2.33. The number of hydrogen-bond donors (Lipinski definition) is 1. The van der Waals surface area contributed by atoms with E-state index >= 15 is 0 Å². The van der Waals surface area contributed by atoms with Gasteiger partial charge in [0.15, 0.2) is 5.76 Å². The Morgan fingerprint density at radius 3 is 2.48 bits per heavy atom. The van der Waals surface area contributed by atoms with Gasteiger partial charge in [-0.1, -0.05) is 28.9 Å². The van der Waals surface area contributed by atoms with Crippen molar-refractivity contribution >= 4 is 33.2 Å². The Bertz CT molecular complexity index is 917. The molecular weight excluding hydrogens is 392 g/mol. The zero-order chi connectivity index (χ0) is 19.6. The number of nitrogens with zero attached hydrogens (tertiary/aromatic N) is 3. The second-order valence-electron chi connectivity index (χ2n) is 6.36. The van der Waals surface area contributed by atoms with Crippen molar-refractivity contribution < 1.29 is 17.7 Å². The summed E-state index contributed by atoms with van der Waals surface area (Å²) in [7, 11) is -3.65. The summed E-state index contributed by atoms with van der Waals surface area (Å²) in [6, 6.07) is 7.01. The number of nitrogens with one attached hydrogen (secondary N) is 1. The third kappa shape index (κ3) is 4.32. The van der Waals surface area contributed by atoms with E-state index in [0.717, 1.165) is 0 Å². The zero-order valence-corrected chi connectivity index (χ0v) is 16.7. The Morgan fingerprint density at radius 2 is 1.89 bits per heavy atom. The summed E-state index contributed by atoms with van der Waals surface area (Å²) in [5.41, 5.74) is 0.915. The SMILES string of the molecule is Cc1noc(C)c1S(=O)(=O)N1CCN(CC(=O)Nc2ccccc2Cl)CC1. The molecule has 0 atom stereocenters. The van der Waals surface area contributed by atoms with Crippen LogP contribution in [-0.4, -0.2) is 61.4 Å². The highest BCUT2D eigenvalue weighted by atomic mass is 35.5. The van der Waals surface area contributed by atoms with Crippen molar-refractivity contribution in [3.05, 3.63) is 40.7 Å². The zero-order valence-electron chi connectivity index (χ0n) is 15.1. The van der Waals surface area contributed by atoms with Crippen LogP contribution in [0.2, 0.25) is 5.02 Å². The maximum absolute atomic E-state index is 12.8. The number of aromatic nitrogens is 1. The number of rotatable bonds is 5. The summed E-state index contributed by atoms with van der Waals surface area (Å²) in [4.78, 5) is 14.3. The van der Waals surface area contributed by atoms with Crippen LogP contribution >= 0.6 is 11.6 Å². The predicted octanol–water partition coefficient (Wildman–Crippen LogP) is 1.89. The molecule has 1 aromatic heterocycles. The second kappa shape index (κ2) is 7.97. The maximum atomic E-state index is 12.8. The fourth-order valence-electron chi connectivity index (χ4n) is 3.06. The average Bonchev–Trinajstić information content (AvgIpc) is 2.96. The lowest BCUT2D eigenvalue weighted by Gasteiger charge is -2.33. The van der Waals surface area contributed by atoms with Gasteiger partial charge >= 0.3 is 0 Å². The number of piperazine rings is 1. The van der Waals surface area contributed by atoms with E-state index in [1.54, 1.807) is 38.1 Å². The summed E-state index contributed by atoms with van der Waals surface area (Å²) in [6.07, 6.45) is 0. The van der Waals surface area contributed by atoms with Gasteiger partial charge in [-0.05, 0) is 26.0 Å². The Kier molecular flexibility index (Phi) is 5.85. The smallest absolute Gasteiger partial charge is 0.248 e. The highest BCUT2D eigenvalue weighted by Crippen LogP contribution is 2.24. The van der Waals surface area contributed by atoms with Crippen LogP contribution in [-0.2, 0) is 14.8 Å². The fourth-order valence-corrected chi connectivity index (χ4v) is 4.95. The standard InChI is InChI=1S/C17H21ClN4O4S/c1-12-17(13(2)26-20-12)27(24,25)22-9-7-21(8-10-22)11-16(23)19-15-6-4-3-5-14(15)18/h3-6H,7-11H2,1-2H3,(H,19,23). The number of benzene rings is 1. The van der Waals surface area contributed by atoms with Crippen LogP contribution in [0.4, 0.5) is 5.69 Å². The third-order valence-corrected chi connectivity index (χ3v) is 6.89. The first-order valence-corrected chi connectivity index (χ1v) is 10.3. The van der Waals surface area contributed by atoms with E-state index in [9.17, 15) is 13.2 Å². The molecule has 1 aliphatic rings. The van der Waals surface area contributed by atoms with Gasteiger partial charge in [-0.15, -0.1) is 0 Å². The van der Waals surface area contributed by atoms with Crippen LogP contribution in [0.3, 0.4) is 0 Å². The quantitative estimate of drug-likeness (QED) is 0.805. The van der Waals surface area contributed by atoms with Gasteiger partial charge in [0.2, 0.25) is 15.9 Å². The average molecular weight is 413 g/mol. The predicted molar refractivity (Wildman–Crippen MR) is 101 cm³/mol. The molecule has 1 amide bonds. The molecule has 146 valence electrons. The van der Waals surface area contributed by atoms with Gasteiger partial charge in [-0.3, -0.25) is 9.69 Å². The van der Waals surface area contributed by atoms with Gasteiger partial charge in [0.1, 0.15) is 10.6 Å². The largest absolute Gasteiger partial charge is 0.360 e. The summed E-state index contributed by atoms with van der Waals surface area (Å²) in [5, 5.41) is 6.97. The number of carbonyl (C=O) groups is 1. The number of amides is 1. The van der Waals surface area contributed by atoms with E-state index in [-0.39, 0.29) is 23.1 Å². The molecular formula is C17H21ClN4O4S. The molecule has 0 saturated carbocycles. The van der Waals surface area contributed by atoms with Gasteiger partial charge < -0.3 is 9.84 Å². The molecule has 8 nitrogen and oxygen atoms in total. The Morgan fingerprint density at radius 1 is 1.22 bits per heavy atom. The van der Waals surface area contributed by atoms with E-state index in [2.05, 4.69) is 10.5 Å². The topological polar surface area (TPSA) is 95.8 Å². The molecule has 0 unspecified atom stereocenters. The normalized spacial score (nSPS) is 16.4. The Hall–Kier alpha value is -1.94. The number of hydrogen-bond acceptors (Lipinski definition) is 6. The van der Waals surface area contributed by atoms with E-state index in [4.69, 9.17) is 16.1 Å². The summed E-state index contributed by atoms with van der Waals surface area (Å²) in [6.45, 7) is 4.87. The summed E-state index contributed by atoms with van der Waals surface area (Å²) < 4.78 is 32.0. The second-order valence-corrected chi connectivity index (χ2v) is 8.64. The number of halogens is 1. The molecule has 1 fully saturated rings. The van der Waals surface area contributed by atoms with Crippen molar-refractivity contribution in [3.8, 4) is 0 Å². The number of carbonyl (C=O) groups excluding carboxylic acids is 1. The van der Waals surface area contributed by atoms with Crippen molar-refractivity contribution in [1.82, 2.24) is 14.4 Å². The lowest BCUT2D eigenvalue weighted by atomic mass is 10.3. The third-order valence-electron chi connectivity index (χ3n) is 4.41. The minimum Gasteiger partial charge on any atom is -0.360 e. The maximum Gasteiger partial charge on any atom is 0.248 e. The highest BCUT2D eigenvalue weighted by molar-refractivity contribution is 7.89. The molecule has 0 radical (unpaired) electrons. The number of aryl methyl sites for hydroxylation is 2. The molecule has 27 heavy (non-hydrogen) atoms. The minimum atomic E-state index is -3.65. The van der Waals surface area contributed by atoms with Crippen LogP contribution in [0.15, 0.2) is 33.7 Å². The van der Waals surface area contributed by atoms with Crippen LogP contribution in [0.25, 0.3) is 0 Å². The minimum absolute atomic E-state index is 0.132. The number of para-hydroxylation sites is 1. The molecule has 1 aromatic carbocycles. The van der Waals surface area contributed by atoms with Crippen molar-refractivity contribution in [3.63, 3.8) is 0 Å². The first-order chi connectivity index (χ1) is 12.8. The molecule has 0 spiro atoms. The molecule has 1 aliphatic heterocycles. The molecule has 2 heterocycles. The van der Waals surface area contributed by atoms with Crippen molar-refractivity contribution in [2.24, 2.45) is 0 Å². The monoisotopic (exact) mass is 412 g/mol. The van der Waals surface area contributed by atoms with Crippen molar-refractivity contribution in [1.29, 1.82) is 0 Å². The molecule has 0 bridgehead atoms. The first kappa shape index (κ1) is 19.8. The van der Waals surface area contributed by atoms with E-state index in [0.29, 0.717) is 42.6 Å². The van der Waals surface area contributed by atoms with Crippen molar-refractivity contribution in [2.75, 3.05) is 38.0 Å². The van der Waals surface area contributed by atoms with Crippen LogP contribution in [0.5, 0.6) is 0 Å². The van der Waals surface area contributed by atoms with Gasteiger partial charge in [0.25, 0.3) is 0 Å². The lowest BCUT2D eigenvalue weighted by Crippen LogP contribution is -2.50. The van der Waals surface area contributed by atoms with Gasteiger partial charge in [0.05, 0.1) is 17.3 Å². The molecule has 10 heteroatoms. The molecule has 3 rings (SSSR count). The summed E-state index contributed by atoms with van der Waals surface area (Å²) >= 11 is 6.04. The number of sulfonamides is 1. The van der Waals surface area contributed by atoms with Crippen molar-refractivity contribution in [2.45, 2.75) is 18.7 Å². The number of anilines is 1. The molecule has 1 saturated heterocycles. The Balaban J connectivity index is 1.57. The molecule has 1 N–H and O–H groups in total. The fraction of sp³-hybridized carbons (Fsp3) is 0.412. The van der Waals surface area contributed by atoms with E-state index < -0.39 is 10.0 Å². The first-order valence-electron chi connectivity index (χ1n) is 8.49. The van der Waals surface area contributed by atoms with Gasteiger partial charge in [0, 0.05) is 26.2 Å². The van der Waals surface area contributed by atoms with E-state index in [1.165, 1.54) is 4.31 Å². The van der Waals surface area contributed by atoms with Gasteiger partial charge in [-0.25, -0.2) is 8.42 Å².